The largest absolute Gasteiger partial charge is 0.378 e. The Balaban J connectivity index is 1.76. The molecule has 124 valence electrons. The molecule has 0 N–H and O–H groups in total. The number of imide groups is 1. The Hall–Kier alpha value is -1.92. The molecule has 2 saturated heterocycles. The summed E-state index contributed by atoms with van der Waals surface area (Å²) in [6.45, 7) is 3.56. The maximum atomic E-state index is 12.8. The third-order valence-electron chi connectivity index (χ3n) is 4.73. The summed E-state index contributed by atoms with van der Waals surface area (Å²) in [5, 5.41) is 0. The molecular formula is C17H24N4O2. The maximum Gasteiger partial charge on any atom is 0.251 e. The Morgan fingerprint density at radius 1 is 1.00 bits per heavy atom. The van der Waals surface area contributed by atoms with Crippen molar-refractivity contribution < 1.29 is 9.59 Å². The fourth-order valence-electron chi connectivity index (χ4n) is 3.21. The molecule has 0 aliphatic carbocycles. The highest BCUT2D eigenvalue weighted by Crippen LogP contribution is 2.27. The molecule has 6 heteroatoms. The predicted molar refractivity (Wildman–Crippen MR) is 90.7 cm³/mol. The maximum absolute atomic E-state index is 12.8. The standard InChI is InChI=1S/C17H24N4O2/c1-18(2)13-4-6-14(7-5-13)21-16(22)12-15(17(21)23)20-10-8-19(3)9-11-20/h4-7,15H,8-12H2,1-3H3/t15-/m1/s1. The number of rotatable bonds is 3. The van der Waals surface area contributed by atoms with Crippen molar-refractivity contribution in [1.82, 2.24) is 9.80 Å². The number of carbonyl (C=O) groups excluding carboxylic acids is 2. The lowest BCUT2D eigenvalue weighted by Crippen LogP contribution is -2.51. The molecule has 0 unspecified atom stereocenters. The van der Waals surface area contributed by atoms with E-state index in [9.17, 15) is 9.59 Å². The number of benzene rings is 1. The fraction of sp³-hybridized carbons (Fsp3) is 0.529. The van der Waals surface area contributed by atoms with Crippen LogP contribution in [-0.4, -0.2) is 75.0 Å². The molecule has 0 aromatic heterocycles. The molecule has 0 saturated carbocycles. The first-order valence-corrected chi connectivity index (χ1v) is 8.04. The van der Waals surface area contributed by atoms with Gasteiger partial charge < -0.3 is 9.80 Å². The quantitative estimate of drug-likeness (QED) is 0.766. The van der Waals surface area contributed by atoms with Crippen LogP contribution in [0.3, 0.4) is 0 Å². The van der Waals surface area contributed by atoms with Crippen molar-refractivity contribution in [2.24, 2.45) is 0 Å². The van der Waals surface area contributed by atoms with Crippen molar-refractivity contribution in [3.05, 3.63) is 24.3 Å². The summed E-state index contributed by atoms with van der Waals surface area (Å²) in [6.07, 6.45) is 0.290. The lowest BCUT2D eigenvalue weighted by Gasteiger charge is -2.35. The van der Waals surface area contributed by atoms with E-state index in [0.717, 1.165) is 31.9 Å². The molecule has 2 fully saturated rings. The molecule has 3 rings (SSSR count). The second kappa shape index (κ2) is 6.29. The Bertz CT molecular complexity index is 591. The molecule has 2 aliphatic rings. The van der Waals surface area contributed by atoms with Gasteiger partial charge in [-0.15, -0.1) is 0 Å². The van der Waals surface area contributed by atoms with Gasteiger partial charge in [0.25, 0.3) is 5.91 Å². The average Bonchev–Trinajstić information content (AvgIpc) is 2.83. The lowest BCUT2D eigenvalue weighted by molar-refractivity contribution is -0.123. The van der Waals surface area contributed by atoms with Crippen LogP contribution in [0.5, 0.6) is 0 Å². The van der Waals surface area contributed by atoms with Crippen molar-refractivity contribution in [2.75, 3.05) is 57.1 Å². The Morgan fingerprint density at radius 2 is 1.61 bits per heavy atom. The van der Waals surface area contributed by atoms with E-state index in [1.54, 1.807) is 0 Å². The van der Waals surface area contributed by atoms with Crippen LogP contribution in [-0.2, 0) is 9.59 Å². The first-order valence-electron chi connectivity index (χ1n) is 8.04. The summed E-state index contributed by atoms with van der Waals surface area (Å²) < 4.78 is 0. The third-order valence-corrected chi connectivity index (χ3v) is 4.73. The zero-order valence-electron chi connectivity index (χ0n) is 14.0. The Kier molecular flexibility index (Phi) is 4.37. The van der Waals surface area contributed by atoms with Crippen LogP contribution in [0.15, 0.2) is 24.3 Å². The van der Waals surface area contributed by atoms with Gasteiger partial charge in [-0.2, -0.15) is 0 Å². The highest BCUT2D eigenvalue weighted by atomic mass is 16.2. The molecule has 1 aromatic rings. The summed E-state index contributed by atoms with van der Waals surface area (Å²) in [5.41, 5.74) is 1.71. The van der Waals surface area contributed by atoms with Gasteiger partial charge in [-0.1, -0.05) is 0 Å². The SMILES string of the molecule is CN1CCN([C@@H]2CC(=O)N(c3ccc(N(C)C)cc3)C2=O)CC1. The van der Waals surface area contributed by atoms with Crippen molar-refractivity contribution in [1.29, 1.82) is 0 Å². The number of likely N-dealkylation sites (N-methyl/N-ethyl adjacent to an activating group) is 1. The van der Waals surface area contributed by atoms with E-state index in [1.165, 1.54) is 4.90 Å². The zero-order valence-corrected chi connectivity index (χ0v) is 14.0. The highest BCUT2D eigenvalue weighted by Gasteiger charge is 2.43. The van der Waals surface area contributed by atoms with Crippen molar-refractivity contribution >= 4 is 23.2 Å². The van der Waals surface area contributed by atoms with Gasteiger partial charge in [-0.25, -0.2) is 4.90 Å². The Morgan fingerprint density at radius 3 is 2.17 bits per heavy atom. The summed E-state index contributed by atoms with van der Waals surface area (Å²) in [5.74, 6) is -0.186. The molecule has 2 aliphatic heterocycles. The second-order valence-electron chi connectivity index (χ2n) is 6.54. The van der Waals surface area contributed by atoms with E-state index in [-0.39, 0.29) is 24.3 Å². The zero-order chi connectivity index (χ0) is 16.6. The minimum atomic E-state index is -0.301. The highest BCUT2D eigenvalue weighted by molar-refractivity contribution is 6.22. The smallest absolute Gasteiger partial charge is 0.251 e. The number of anilines is 2. The van der Waals surface area contributed by atoms with Crippen LogP contribution in [0.2, 0.25) is 0 Å². The number of hydrogen-bond donors (Lipinski definition) is 0. The minimum absolute atomic E-state index is 0.0860. The van der Waals surface area contributed by atoms with Gasteiger partial charge in [0.1, 0.15) is 0 Å². The molecule has 6 nitrogen and oxygen atoms in total. The number of amides is 2. The summed E-state index contributed by atoms with van der Waals surface area (Å²) in [4.78, 5) is 32.9. The first-order chi connectivity index (χ1) is 11.0. The van der Waals surface area contributed by atoms with Crippen LogP contribution in [0.4, 0.5) is 11.4 Å². The monoisotopic (exact) mass is 316 g/mol. The van der Waals surface area contributed by atoms with Crippen LogP contribution in [0, 0.1) is 0 Å². The molecule has 2 heterocycles. The molecule has 0 radical (unpaired) electrons. The normalized spacial score (nSPS) is 23.6. The van der Waals surface area contributed by atoms with E-state index in [1.807, 2.05) is 43.3 Å². The van der Waals surface area contributed by atoms with E-state index in [0.29, 0.717) is 5.69 Å². The van der Waals surface area contributed by atoms with Crippen molar-refractivity contribution in [2.45, 2.75) is 12.5 Å². The average molecular weight is 316 g/mol. The van der Waals surface area contributed by atoms with Crippen LogP contribution >= 0.6 is 0 Å². The molecule has 2 amide bonds. The van der Waals surface area contributed by atoms with Gasteiger partial charge in [-0.05, 0) is 31.3 Å². The van der Waals surface area contributed by atoms with Gasteiger partial charge in [0, 0.05) is 46.0 Å². The summed E-state index contributed by atoms with van der Waals surface area (Å²) >= 11 is 0. The molecule has 0 spiro atoms. The summed E-state index contributed by atoms with van der Waals surface area (Å²) in [6, 6.07) is 7.25. The van der Waals surface area contributed by atoms with Gasteiger partial charge in [-0.3, -0.25) is 14.5 Å². The number of nitrogens with zero attached hydrogens (tertiary/aromatic N) is 4. The van der Waals surface area contributed by atoms with Gasteiger partial charge >= 0.3 is 0 Å². The van der Waals surface area contributed by atoms with Gasteiger partial charge in [0.15, 0.2) is 0 Å². The predicted octanol–water partition coefficient (Wildman–Crippen LogP) is 0.632. The minimum Gasteiger partial charge on any atom is -0.378 e. The van der Waals surface area contributed by atoms with Crippen molar-refractivity contribution in [3.63, 3.8) is 0 Å². The third kappa shape index (κ3) is 3.09. The second-order valence-corrected chi connectivity index (χ2v) is 6.54. The van der Waals surface area contributed by atoms with E-state index >= 15 is 0 Å². The molecular weight excluding hydrogens is 292 g/mol. The number of piperazine rings is 1. The fourth-order valence-corrected chi connectivity index (χ4v) is 3.21. The van der Waals surface area contributed by atoms with Crippen LogP contribution in [0.25, 0.3) is 0 Å². The first kappa shape index (κ1) is 16.0. The Labute approximate surface area is 137 Å². The molecule has 1 atom stereocenters. The van der Waals surface area contributed by atoms with Crippen LogP contribution < -0.4 is 9.80 Å². The van der Waals surface area contributed by atoms with E-state index in [4.69, 9.17) is 0 Å². The van der Waals surface area contributed by atoms with E-state index < -0.39 is 0 Å². The number of hydrogen-bond acceptors (Lipinski definition) is 5. The van der Waals surface area contributed by atoms with E-state index in [2.05, 4.69) is 16.8 Å². The molecule has 1 aromatic carbocycles. The molecule has 0 bridgehead atoms. The lowest BCUT2D eigenvalue weighted by atomic mass is 10.2. The topological polar surface area (TPSA) is 47.1 Å². The van der Waals surface area contributed by atoms with Gasteiger partial charge in [0.2, 0.25) is 5.91 Å². The van der Waals surface area contributed by atoms with Crippen LogP contribution in [0.1, 0.15) is 6.42 Å². The van der Waals surface area contributed by atoms with Crippen molar-refractivity contribution in [3.8, 4) is 0 Å². The molecule has 23 heavy (non-hydrogen) atoms. The van der Waals surface area contributed by atoms with Gasteiger partial charge in [0.05, 0.1) is 18.2 Å². The summed E-state index contributed by atoms with van der Waals surface area (Å²) in [7, 11) is 6.01. The number of carbonyl (C=O) groups is 2.